The lowest BCUT2D eigenvalue weighted by Crippen LogP contribution is -2.04. The molecule has 0 amide bonds. The molecule has 0 saturated carbocycles. The van der Waals surface area contributed by atoms with Crippen LogP contribution in [0.5, 0.6) is 0 Å². The number of hydrogen-bond acceptors (Lipinski definition) is 3. The van der Waals surface area contributed by atoms with Gasteiger partial charge < -0.3 is 10.5 Å². The molecule has 1 atom stereocenters. The number of carbonyl (C=O) groups is 1. The largest absolute Gasteiger partial charge is 0.489 e. The van der Waals surface area contributed by atoms with E-state index in [9.17, 15) is 4.79 Å². The van der Waals surface area contributed by atoms with Gasteiger partial charge in [-0.3, -0.25) is 4.79 Å². The third-order valence-electron chi connectivity index (χ3n) is 3.59. The van der Waals surface area contributed by atoms with E-state index >= 15 is 0 Å². The maximum atomic E-state index is 12.3. The predicted octanol–water partition coefficient (Wildman–Crippen LogP) is 4.15. The summed E-state index contributed by atoms with van der Waals surface area (Å²) in [5, 5.41) is 4.07. The van der Waals surface area contributed by atoms with Gasteiger partial charge in [0.2, 0.25) is 0 Å². The zero-order valence-corrected chi connectivity index (χ0v) is 14.0. The minimum Gasteiger partial charge on any atom is -0.489 e. The lowest BCUT2D eigenvalue weighted by atomic mass is 10.1. The second-order valence-corrected chi connectivity index (χ2v) is 7.21. The van der Waals surface area contributed by atoms with Crippen LogP contribution in [0.4, 0.5) is 5.69 Å². The predicted molar refractivity (Wildman–Crippen MR) is 102 cm³/mol. The highest BCUT2D eigenvalue weighted by Crippen LogP contribution is 2.22. The summed E-state index contributed by atoms with van der Waals surface area (Å²) < 4.78 is 5.77. The summed E-state index contributed by atoms with van der Waals surface area (Å²) in [6, 6.07) is 17.1. The first-order chi connectivity index (χ1) is 11.7. The van der Waals surface area contributed by atoms with Crippen molar-refractivity contribution in [2.75, 3.05) is 11.5 Å². The lowest BCUT2D eigenvalue weighted by molar-refractivity contribution is 0.102. The highest BCUT2D eigenvalue weighted by Gasteiger charge is 2.08. The highest BCUT2D eigenvalue weighted by molar-refractivity contribution is 8.18. The average molecular weight is 337 g/mol. The highest BCUT2D eigenvalue weighted by atomic mass is 32.2. The molecule has 122 valence electrons. The van der Waals surface area contributed by atoms with E-state index in [1.54, 1.807) is 24.3 Å². The third kappa shape index (κ3) is 4.46. The second kappa shape index (κ2) is 7.79. The zero-order valence-electron chi connectivity index (χ0n) is 13.2. The van der Waals surface area contributed by atoms with Gasteiger partial charge >= 0.3 is 0 Å². The Bertz CT molecular complexity index is 805. The number of rotatable bonds is 6. The number of nitrogen functional groups attached to an aromatic ring is 1. The lowest BCUT2D eigenvalue weighted by Gasteiger charge is -2.11. The molecule has 0 bridgehead atoms. The minimum atomic E-state index is -0.192. The number of benzene rings is 2. The molecule has 2 aromatic carbocycles. The molecule has 1 unspecified atom stereocenters. The van der Waals surface area contributed by atoms with E-state index in [0.717, 1.165) is 11.3 Å². The normalized spacial score (nSPS) is 16.2. The van der Waals surface area contributed by atoms with E-state index in [-0.39, 0.29) is 16.3 Å². The van der Waals surface area contributed by atoms with Crippen molar-refractivity contribution in [3.8, 4) is 0 Å². The standard InChI is InChI=1S/C20H19NO2S/c21-18-8-6-17(7-9-18)20(22)15-24-12-10-19(11-13-24)23-14-16-4-2-1-3-5-16/h1-13H,14-15,21H2. The van der Waals surface area contributed by atoms with Crippen molar-refractivity contribution in [3.63, 3.8) is 0 Å². The maximum Gasteiger partial charge on any atom is 0.172 e. The van der Waals surface area contributed by atoms with E-state index in [1.807, 2.05) is 53.3 Å². The molecular weight excluding hydrogens is 318 g/mol. The second-order valence-electron chi connectivity index (χ2n) is 5.44. The number of nitrogens with two attached hydrogens (primary N) is 1. The molecule has 0 saturated heterocycles. The molecule has 0 aliphatic carbocycles. The third-order valence-corrected chi connectivity index (χ3v) is 5.16. The number of hydrogen-bond donors (Lipinski definition) is 1. The molecular formula is C20H19NO2S. The van der Waals surface area contributed by atoms with E-state index in [4.69, 9.17) is 10.5 Å². The molecule has 2 N–H and O–H groups in total. The molecule has 3 rings (SSSR count). The van der Waals surface area contributed by atoms with Crippen LogP contribution in [0.2, 0.25) is 0 Å². The Hall–Kier alpha value is -2.59. The SMILES string of the molecule is Nc1ccc(C(=O)CS2=CC=C(OCc3ccccc3)C=C2)cc1. The van der Waals surface area contributed by atoms with Gasteiger partial charge in [0.15, 0.2) is 5.78 Å². The van der Waals surface area contributed by atoms with Gasteiger partial charge in [0.05, 0.1) is 5.75 Å². The van der Waals surface area contributed by atoms with Crippen molar-refractivity contribution in [2.45, 2.75) is 6.61 Å². The van der Waals surface area contributed by atoms with Crippen LogP contribution in [-0.4, -0.2) is 16.9 Å². The first kappa shape index (κ1) is 16.3. The van der Waals surface area contributed by atoms with Crippen molar-refractivity contribution >= 4 is 27.3 Å². The molecule has 0 spiro atoms. The Morgan fingerprint density at radius 3 is 2.46 bits per heavy atom. The summed E-state index contributed by atoms with van der Waals surface area (Å²) in [6.45, 7) is 0.545. The number of anilines is 1. The molecule has 3 nitrogen and oxygen atoms in total. The van der Waals surface area contributed by atoms with Crippen LogP contribution < -0.4 is 5.73 Å². The maximum absolute atomic E-state index is 12.3. The first-order valence-electron chi connectivity index (χ1n) is 7.68. The van der Waals surface area contributed by atoms with Crippen molar-refractivity contribution in [2.24, 2.45) is 0 Å². The van der Waals surface area contributed by atoms with Crippen LogP contribution >= 0.6 is 10.5 Å². The van der Waals surface area contributed by atoms with Crippen molar-refractivity contribution in [1.82, 2.24) is 0 Å². The molecule has 24 heavy (non-hydrogen) atoms. The summed E-state index contributed by atoms with van der Waals surface area (Å²) in [6.07, 6.45) is 3.89. The van der Waals surface area contributed by atoms with Crippen LogP contribution in [0.1, 0.15) is 15.9 Å². The summed E-state index contributed by atoms with van der Waals surface area (Å²) in [7, 11) is -0.192. The van der Waals surface area contributed by atoms with Crippen LogP contribution in [0.25, 0.3) is 0 Å². The number of Topliss-reactive ketones (excluding diaryl/α,β-unsaturated/α-hetero) is 1. The van der Waals surface area contributed by atoms with Gasteiger partial charge in [-0.15, -0.1) is 0 Å². The average Bonchev–Trinajstić information content (AvgIpc) is 2.62. The summed E-state index contributed by atoms with van der Waals surface area (Å²) in [4.78, 5) is 12.3. The molecule has 2 aromatic rings. The van der Waals surface area contributed by atoms with E-state index in [1.165, 1.54) is 0 Å². The van der Waals surface area contributed by atoms with Crippen LogP contribution in [-0.2, 0) is 11.3 Å². The van der Waals surface area contributed by atoms with Gasteiger partial charge in [0.25, 0.3) is 0 Å². The van der Waals surface area contributed by atoms with Crippen LogP contribution in [0.3, 0.4) is 0 Å². The quantitative estimate of drug-likeness (QED) is 0.489. The Labute approximate surface area is 144 Å². The topological polar surface area (TPSA) is 52.3 Å². The van der Waals surface area contributed by atoms with Gasteiger partial charge in [-0.1, -0.05) is 30.3 Å². The van der Waals surface area contributed by atoms with E-state index < -0.39 is 0 Å². The fourth-order valence-corrected chi connectivity index (χ4v) is 3.62. The summed E-state index contributed by atoms with van der Waals surface area (Å²) in [5.74, 6) is 1.42. The van der Waals surface area contributed by atoms with Gasteiger partial charge in [-0.25, -0.2) is 0 Å². The van der Waals surface area contributed by atoms with E-state index in [0.29, 0.717) is 23.6 Å². The summed E-state index contributed by atoms with van der Waals surface area (Å²) in [5.41, 5.74) is 8.15. The smallest absolute Gasteiger partial charge is 0.172 e. The van der Waals surface area contributed by atoms with Gasteiger partial charge in [-0.05, 0) is 52.8 Å². The van der Waals surface area contributed by atoms with Crippen molar-refractivity contribution in [1.29, 1.82) is 0 Å². The molecule has 0 aromatic heterocycles. The molecule has 4 heteroatoms. The van der Waals surface area contributed by atoms with Crippen molar-refractivity contribution < 1.29 is 9.53 Å². The first-order valence-corrected chi connectivity index (χ1v) is 9.20. The Kier molecular flexibility index (Phi) is 5.29. The molecule has 1 aliphatic rings. The fourth-order valence-electron chi connectivity index (χ4n) is 2.25. The van der Waals surface area contributed by atoms with Gasteiger partial charge in [-0.2, -0.15) is 10.5 Å². The van der Waals surface area contributed by atoms with Crippen molar-refractivity contribution in [3.05, 3.63) is 89.0 Å². The van der Waals surface area contributed by atoms with Gasteiger partial charge in [0.1, 0.15) is 12.4 Å². The van der Waals surface area contributed by atoms with Crippen LogP contribution in [0, 0.1) is 0 Å². The molecule has 0 radical (unpaired) electrons. The number of carbonyl (C=O) groups excluding carboxylic acids is 1. The number of allylic oxidation sites excluding steroid dienone is 2. The Balaban J connectivity index is 1.56. The Morgan fingerprint density at radius 1 is 1.04 bits per heavy atom. The number of ketones is 1. The van der Waals surface area contributed by atoms with Crippen LogP contribution in [0.15, 0.2) is 77.9 Å². The van der Waals surface area contributed by atoms with Gasteiger partial charge in [0, 0.05) is 11.3 Å². The zero-order chi connectivity index (χ0) is 16.8. The number of ether oxygens (including phenoxy) is 1. The summed E-state index contributed by atoms with van der Waals surface area (Å²) >= 11 is 0. The monoisotopic (exact) mass is 337 g/mol. The molecule has 0 fully saturated rings. The molecule has 1 heterocycles. The van der Waals surface area contributed by atoms with E-state index in [2.05, 4.69) is 0 Å². The minimum absolute atomic E-state index is 0.126. The molecule has 1 aliphatic heterocycles. The Morgan fingerprint density at radius 2 is 1.79 bits per heavy atom. The fraction of sp³-hybridized carbons (Fsp3) is 0.100.